The first-order chi connectivity index (χ1) is 8.29. The Labute approximate surface area is 111 Å². The van der Waals surface area contributed by atoms with Crippen LogP contribution in [0.2, 0.25) is 0 Å². The predicted molar refractivity (Wildman–Crippen MR) is 73.2 cm³/mol. The molecule has 0 aliphatic heterocycles. The van der Waals surface area contributed by atoms with Gasteiger partial charge in [0.2, 0.25) is 0 Å². The van der Waals surface area contributed by atoms with Gasteiger partial charge in [-0.15, -0.1) is 0 Å². The number of halogens is 1. The second kappa shape index (κ2) is 5.76. The minimum absolute atomic E-state index is 0.514. The fourth-order valence-electron chi connectivity index (χ4n) is 1.85. The van der Waals surface area contributed by atoms with Crippen molar-refractivity contribution < 1.29 is 9.47 Å². The molecule has 17 heavy (non-hydrogen) atoms. The Morgan fingerprint density at radius 2 is 1.82 bits per heavy atom. The minimum atomic E-state index is 0.514. The summed E-state index contributed by atoms with van der Waals surface area (Å²) < 4.78 is 11.3. The third-order valence-corrected chi connectivity index (χ3v) is 4.47. The van der Waals surface area contributed by atoms with Gasteiger partial charge < -0.3 is 9.47 Å². The fraction of sp³-hybridized carbons (Fsp3) is 0.571. The lowest BCUT2D eigenvalue weighted by molar-refractivity contribution is 0.255. The quantitative estimate of drug-likeness (QED) is 0.708. The first-order valence-electron chi connectivity index (χ1n) is 6.20. The summed E-state index contributed by atoms with van der Waals surface area (Å²) in [4.78, 5) is 0. The molecule has 0 aromatic heterocycles. The summed E-state index contributed by atoms with van der Waals surface area (Å²) in [6.07, 6.45) is 3.78. The summed E-state index contributed by atoms with van der Waals surface area (Å²) in [5, 5.41) is 1.09. The van der Waals surface area contributed by atoms with Crippen molar-refractivity contribution in [2.24, 2.45) is 5.41 Å². The number of rotatable bonds is 7. The number of benzene rings is 1. The molecule has 1 aliphatic rings. The average molecular weight is 299 g/mol. The lowest BCUT2D eigenvalue weighted by Gasteiger charge is -2.14. The van der Waals surface area contributed by atoms with E-state index in [-0.39, 0.29) is 0 Å². The van der Waals surface area contributed by atoms with Gasteiger partial charge in [0.05, 0.1) is 13.2 Å². The lowest BCUT2D eigenvalue weighted by Crippen LogP contribution is -2.09. The molecule has 3 heteroatoms. The Morgan fingerprint density at radius 1 is 1.18 bits per heavy atom. The Hall–Kier alpha value is -0.700. The largest absolute Gasteiger partial charge is 0.490 e. The van der Waals surface area contributed by atoms with Crippen molar-refractivity contribution in [3.63, 3.8) is 0 Å². The van der Waals surface area contributed by atoms with Crippen LogP contribution in [0.3, 0.4) is 0 Å². The van der Waals surface area contributed by atoms with Crippen molar-refractivity contribution >= 4 is 15.9 Å². The summed E-state index contributed by atoms with van der Waals surface area (Å²) in [6.45, 7) is 3.43. The van der Waals surface area contributed by atoms with Gasteiger partial charge in [0.15, 0.2) is 11.5 Å². The molecular weight excluding hydrogens is 280 g/mol. The van der Waals surface area contributed by atoms with Gasteiger partial charge in [0.1, 0.15) is 0 Å². The highest BCUT2D eigenvalue weighted by Gasteiger charge is 2.40. The molecule has 1 aromatic rings. The van der Waals surface area contributed by atoms with Crippen molar-refractivity contribution in [2.75, 3.05) is 18.5 Å². The average Bonchev–Trinajstić information content (AvgIpc) is 3.12. The van der Waals surface area contributed by atoms with E-state index in [9.17, 15) is 0 Å². The molecule has 1 saturated carbocycles. The number of para-hydroxylation sites is 2. The molecule has 1 fully saturated rings. The highest BCUT2D eigenvalue weighted by molar-refractivity contribution is 9.09. The van der Waals surface area contributed by atoms with Crippen molar-refractivity contribution in [2.45, 2.75) is 26.2 Å². The Bertz CT molecular complexity index is 361. The topological polar surface area (TPSA) is 18.5 Å². The van der Waals surface area contributed by atoms with Gasteiger partial charge >= 0.3 is 0 Å². The monoisotopic (exact) mass is 298 g/mol. The fourth-order valence-corrected chi connectivity index (χ4v) is 2.69. The van der Waals surface area contributed by atoms with Crippen LogP contribution in [0, 0.1) is 5.41 Å². The van der Waals surface area contributed by atoms with Gasteiger partial charge in [-0.2, -0.15) is 0 Å². The predicted octanol–water partition coefficient (Wildman–Crippen LogP) is 4.03. The van der Waals surface area contributed by atoms with Crippen LogP contribution in [0.5, 0.6) is 11.5 Å². The molecule has 2 nitrogen and oxygen atoms in total. The van der Waals surface area contributed by atoms with E-state index in [1.165, 1.54) is 12.8 Å². The molecule has 2 rings (SSSR count). The number of hydrogen-bond donors (Lipinski definition) is 0. The highest BCUT2D eigenvalue weighted by Crippen LogP contribution is 2.50. The zero-order valence-electron chi connectivity index (χ0n) is 10.2. The molecule has 0 spiro atoms. The summed E-state index contributed by atoms with van der Waals surface area (Å²) >= 11 is 3.58. The van der Waals surface area contributed by atoms with Gasteiger partial charge in [-0.05, 0) is 43.7 Å². The number of hydrogen-bond acceptors (Lipinski definition) is 2. The normalized spacial score (nSPS) is 16.6. The van der Waals surface area contributed by atoms with Crippen LogP contribution in [0.25, 0.3) is 0 Å². The van der Waals surface area contributed by atoms with Gasteiger partial charge in [0.25, 0.3) is 0 Å². The molecule has 0 bridgehead atoms. The number of alkyl halides is 1. The Morgan fingerprint density at radius 3 is 2.35 bits per heavy atom. The molecule has 0 amide bonds. The van der Waals surface area contributed by atoms with Crippen LogP contribution in [0.1, 0.15) is 26.2 Å². The Kier molecular flexibility index (Phi) is 4.32. The lowest BCUT2D eigenvalue weighted by atomic mass is 10.1. The van der Waals surface area contributed by atoms with Crippen molar-refractivity contribution in [1.29, 1.82) is 0 Å². The van der Waals surface area contributed by atoms with Gasteiger partial charge in [-0.25, -0.2) is 0 Å². The molecule has 0 heterocycles. The molecule has 0 atom stereocenters. The SMILES string of the molecule is CCOc1ccccc1OCCC1(CBr)CC1. The maximum Gasteiger partial charge on any atom is 0.161 e. The number of ether oxygens (including phenoxy) is 2. The van der Waals surface area contributed by atoms with Gasteiger partial charge in [-0.1, -0.05) is 28.1 Å². The summed E-state index contributed by atoms with van der Waals surface area (Å²) in [5.41, 5.74) is 0.514. The smallest absolute Gasteiger partial charge is 0.161 e. The highest BCUT2D eigenvalue weighted by atomic mass is 79.9. The zero-order chi connectivity index (χ0) is 12.1. The van der Waals surface area contributed by atoms with E-state index >= 15 is 0 Å². The molecule has 1 aromatic carbocycles. The van der Waals surface area contributed by atoms with Crippen molar-refractivity contribution in [3.05, 3.63) is 24.3 Å². The van der Waals surface area contributed by atoms with Crippen LogP contribution in [-0.4, -0.2) is 18.5 Å². The van der Waals surface area contributed by atoms with Crippen LogP contribution >= 0.6 is 15.9 Å². The van der Waals surface area contributed by atoms with Crippen molar-refractivity contribution in [3.8, 4) is 11.5 Å². The van der Waals surface area contributed by atoms with E-state index in [0.29, 0.717) is 12.0 Å². The van der Waals surface area contributed by atoms with E-state index in [1.54, 1.807) is 0 Å². The minimum Gasteiger partial charge on any atom is -0.490 e. The van der Waals surface area contributed by atoms with Crippen LogP contribution in [-0.2, 0) is 0 Å². The second-order valence-corrected chi connectivity index (χ2v) is 5.17. The van der Waals surface area contributed by atoms with E-state index in [2.05, 4.69) is 15.9 Å². The zero-order valence-corrected chi connectivity index (χ0v) is 11.8. The van der Waals surface area contributed by atoms with E-state index in [0.717, 1.165) is 29.9 Å². The maximum absolute atomic E-state index is 5.82. The Balaban J connectivity index is 1.85. The molecule has 0 radical (unpaired) electrons. The van der Waals surface area contributed by atoms with Crippen molar-refractivity contribution in [1.82, 2.24) is 0 Å². The summed E-state index contributed by atoms with van der Waals surface area (Å²) in [5.74, 6) is 1.71. The molecule has 0 N–H and O–H groups in total. The molecule has 1 aliphatic carbocycles. The van der Waals surface area contributed by atoms with Crippen LogP contribution < -0.4 is 9.47 Å². The second-order valence-electron chi connectivity index (χ2n) is 4.61. The third-order valence-electron chi connectivity index (χ3n) is 3.28. The third kappa shape index (κ3) is 3.38. The molecule has 94 valence electrons. The van der Waals surface area contributed by atoms with Gasteiger partial charge in [-0.3, -0.25) is 0 Å². The molecule has 0 saturated heterocycles. The summed E-state index contributed by atoms with van der Waals surface area (Å²) in [6, 6.07) is 7.88. The molecular formula is C14H19BrO2. The van der Waals surface area contributed by atoms with Gasteiger partial charge in [0, 0.05) is 5.33 Å². The molecule has 0 unspecified atom stereocenters. The first kappa shape index (κ1) is 12.7. The standard InChI is InChI=1S/C14H19BrO2/c1-2-16-12-5-3-4-6-13(12)17-10-9-14(11-15)7-8-14/h3-6H,2,7-11H2,1H3. The van der Waals surface area contributed by atoms with Crippen LogP contribution in [0.4, 0.5) is 0 Å². The van der Waals surface area contributed by atoms with E-state index in [1.807, 2.05) is 31.2 Å². The van der Waals surface area contributed by atoms with E-state index < -0.39 is 0 Å². The summed E-state index contributed by atoms with van der Waals surface area (Å²) in [7, 11) is 0. The van der Waals surface area contributed by atoms with Crippen LogP contribution in [0.15, 0.2) is 24.3 Å². The first-order valence-corrected chi connectivity index (χ1v) is 7.32. The maximum atomic E-state index is 5.82. The van der Waals surface area contributed by atoms with E-state index in [4.69, 9.17) is 9.47 Å².